The van der Waals surface area contributed by atoms with Crippen LogP contribution in [0.5, 0.6) is 0 Å². The van der Waals surface area contributed by atoms with Gasteiger partial charge in [0.25, 0.3) is 0 Å². The van der Waals surface area contributed by atoms with Gasteiger partial charge in [0.1, 0.15) is 5.01 Å². The molecule has 0 fully saturated rings. The van der Waals surface area contributed by atoms with Crippen molar-refractivity contribution in [3.63, 3.8) is 0 Å². The van der Waals surface area contributed by atoms with Crippen molar-refractivity contribution >= 4 is 27.1 Å². The third-order valence-corrected chi connectivity index (χ3v) is 6.60. The van der Waals surface area contributed by atoms with Crippen LogP contribution in [0.25, 0.3) is 32.0 Å². The zero-order chi connectivity index (χ0) is 21.7. The van der Waals surface area contributed by atoms with Crippen LogP contribution in [0.15, 0.2) is 72.8 Å². The van der Waals surface area contributed by atoms with Crippen LogP contribution < -0.4 is 0 Å². The highest BCUT2D eigenvalue weighted by Crippen LogP contribution is 2.28. The van der Waals surface area contributed by atoms with Gasteiger partial charge in [0, 0.05) is 17.7 Å². The highest BCUT2D eigenvalue weighted by atomic mass is 32.1. The van der Waals surface area contributed by atoms with E-state index in [0.29, 0.717) is 6.42 Å². The monoisotopic (exact) mass is 436 g/mol. The smallest absolute Gasteiger partial charge is 0.234 e. The summed E-state index contributed by atoms with van der Waals surface area (Å²) in [5.41, 5.74) is 5.45. The van der Waals surface area contributed by atoms with Crippen LogP contribution in [0.2, 0.25) is 0 Å². The van der Waals surface area contributed by atoms with E-state index < -0.39 is 0 Å². The Morgan fingerprint density at radius 3 is 2.47 bits per heavy atom. The van der Waals surface area contributed by atoms with Crippen LogP contribution in [0.4, 0.5) is 0 Å². The van der Waals surface area contributed by atoms with Crippen LogP contribution in [0.3, 0.4) is 0 Å². The number of benzene rings is 3. The molecule has 3 aromatic heterocycles. The van der Waals surface area contributed by atoms with Gasteiger partial charge in [0.2, 0.25) is 4.96 Å². The first kappa shape index (κ1) is 18.9. The minimum Gasteiger partial charge on any atom is -0.238 e. The van der Waals surface area contributed by atoms with Gasteiger partial charge in [-0.05, 0) is 60.5 Å². The molecule has 6 nitrogen and oxygen atoms in total. The van der Waals surface area contributed by atoms with Crippen molar-refractivity contribution < 1.29 is 0 Å². The van der Waals surface area contributed by atoms with Crippen LogP contribution in [-0.2, 0) is 6.42 Å². The van der Waals surface area contributed by atoms with Gasteiger partial charge in [0.05, 0.1) is 11.4 Å². The molecule has 6 rings (SSSR count). The first-order valence-electron chi connectivity index (χ1n) is 10.5. The SMILES string of the molecule is Cc1cc(C)n(-c2ccc(-c3nn4c(Cc5cccc6ccccc56)nnc4s3)cc2)n1. The lowest BCUT2D eigenvalue weighted by Gasteiger charge is -2.05. The van der Waals surface area contributed by atoms with Gasteiger partial charge in [-0.2, -0.15) is 14.7 Å². The summed E-state index contributed by atoms with van der Waals surface area (Å²) in [6.07, 6.45) is 0.683. The van der Waals surface area contributed by atoms with Crippen LogP contribution in [0.1, 0.15) is 22.8 Å². The zero-order valence-corrected chi connectivity index (χ0v) is 18.5. The van der Waals surface area contributed by atoms with E-state index in [1.54, 1.807) is 11.3 Å². The highest BCUT2D eigenvalue weighted by Gasteiger charge is 2.15. The van der Waals surface area contributed by atoms with Gasteiger partial charge in [-0.25, -0.2) is 4.68 Å². The van der Waals surface area contributed by atoms with Crippen LogP contribution >= 0.6 is 11.3 Å². The van der Waals surface area contributed by atoms with Gasteiger partial charge in [0.15, 0.2) is 5.82 Å². The van der Waals surface area contributed by atoms with E-state index in [-0.39, 0.29) is 0 Å². The highest BCUT2D eigenvalue weighted by molar-refractivity contribution is 7.19. The summed E-state index contributed by atoms with van der Waals surface area (Å²) in [7, 11) is 0. The first-order chi connectivity index (χ1) is 15.7. The summed E-state index contributed by atoms with van der Waals surface area (Å²) in [5.74, 6) is 0.845. The summed E-state index contributed by atoms with van der Waals surface area (Å²) in [6.45, 7) is 4.07. The lowest BCUT2D eigenvalue weighted by molar-refractivity contribution is 0.833. The van der Waals surface area contributed by atoms with E-state index in [1.165, 1.54) is 16.3 Å². The minimum atomic E-state index is 0.683. The van der Waals surface area contributed by atoms with E-state index in [2.05, 4.69) is 95.0 Å². The normalized spacial score (nSPS) is 11.6. The molecule has 7 heteroatoms. The number of fused-ring (bicyclic) bond motifs is 2. The molecule has 0 saturated carbocycles. The fourth-order valence-electron chi connectivity index (χ4n) is 4.14. The van der Waals surface area contributed by atoms with Gasteiger partial charge in [-0.3, -0.25) is 0 Å². The third-order valence-electron chi connectivity index (χ3n) is 5.65. The maximum Gasteiger partial charge on any atom is 0.234 e. The predicted molar refractivity (Wildman–Crippen MR) is 127 cm³/mol. The summed E-state index contributed by atoms with van der Waals surface area (Å²) < 4.78 is 3.83. The van der Waals surface area contributed by atoms with Gasteiger partial charge in [-0.1, -0.05) is 53.8 Å². The second-order valence-corrected chi connectivity index (χ2v) is 8.87. The molecule has 0 atom stereocenters. The molecule has 0 N–H and O–H groups in total. The average molecular weight is 437 g/mol. The van der Waals surface area contributed by atoms with Gasteiger partial charge in [-0.15, -0.1) is 10.2 Å². The number of rotatable bonds is 4. The molecule has 0 spiro atoms. The lowest BCUT2D eigenvalue weighted by atomic mass is 10.0. The fourth-order valence-corrected chi connectivity index (χ4v) is 5.00. The van der Waals surface area contributed by atoms with Crippen molar-refractivity contribution in [1.29, 1.82) is 0 Å². The van der Waals surface area contributed by atoms with Gasteiger partial charge >= 0.3 is 0 Å². The summed E-state index contributed by atoms with van der Waals surface area (Å²) >= 11 is 1.55. The van der Waals surface area contributed by atoms with E-state index in [9.17, 15) is 0 Å². The van der Waals surface area contributed by atoms with Crippen LogP contribution in [-0.4, -0.2) is 29.6 Å². The lowest BCUT2D eigenvalue weighted by Crippen LogP contribution is -1.99. The molecule has 0 saturated heterocycles. The zero-order valence-electron chi connectivity index (χ0n) is 17.7. The third kappa shape index (κ3) is 3.18. The van der Waals surface area contributed by atoms with E-state index in [4.69, 9.17) is 5.10 Å². The van der Waals surface area contributed by atoms with Crippen molar-refractivity contribution in [2.45, 2.75) is 20.3 Å². The molecular weight excluding hydrogens is 416 g/mol. The summed E-state index contributed by atoms with van der Waals surface area (Å²) in [4.78, 5) is 0.804. The molecule has 0 bridgehead atoms. The maximum atomic E-state index is 4.83. The van der Waals surface area contributed by atoms with Crippen molar-refractivity contribution in [3.05, 3.63) is 95.6 Å². The Morgan fingerprint density at radius 2 is 1.66 bits per heavy atom. The number of aromatic nitrogens is 6. The second kappa shape index (κ2) is 7.39. The molecule has 0 unspecified atom stereocenters. The molecule has 0 aliphatic rings. The summed E-state index contributed by atoms with van der Waals surface area (Å²) in [5, 5.41) is 21.6. The molecule has 0 aliphatic heterocycles. The molecule has 32 heavy (non-hydrogen) atoms. The molecule has 0 amide bonds. The number of hydrogen-bond acceptors (Lipinski definition) is 5. The van der Waals surface area contributed by atoms with Crippen molar-refractivity contribution in [1.82, 2.24) is 29.6 Å². The second-order valence-electron chi connectivity index (χ2n) is 7.92. The largest absolute Gasteiger partial charge is 0.238 e. The van der Waals surface area contributed by atoms with E-state index in [0.717, 1.165) is 38.4 Å². The molecule has 156 valence electrons. The number of hydrogen-bond donors (Lipinski definition) is 0. The van der Waals surface area contributed by atoms with Crippen molar-refractivity contribution in [3.8, 4) is 16.3 Å². The molecule has 0 aliphatic carbocycles. The van der Waals surface area contributed by atoms with E-state index in [1.807, 2.05) is 16.1 Å². The van der Waals surface area contributed by atoms with Crippen LogP contribution in [0, 0.1) is 13.8 Å². The molecular formula is C25H20N6S. The van der Waals surface area contributed by atoms with Crippen molar-refractivity contribution in [2.75, 3.05) is 0 Å². The van der Waals surface area contributed by atoms with E-state index >= 15 is 0 Å². The Hall–Kier alpha value is -3.84. The first-order valence-corrected chi connectivity index (χ1v) is 11.3. The minimum absolute atomic E-state index is 0.683. The summed E-state index contributed by atoms with van der Waals surface area (Å²) in [6, 6.07) is 25.2. The molecule has 3 heterocycles. The average Bonchev–Trinajstić information content (AvgIpc) is 3.49. The Bertz CT molecular complexity index is 1570. The Labute approximate surface area is 188 Å². The standard InChI is InChI=1S/C25H20N6S/c1-16-14-17(2)30(28-16)21-12-10-19(11-13-21)24-29-31-23(26-27-25(31)32-24)15-20-8-5-7-18-6-3-4-9-22(18)20/h3-14H,15H2,1-2H3. The fraction of sp³-hybridized carbons (Fsp3) is 0.120. The Kier molecular flexibility index (Phi) is 4.36. The molecule has 6 aromatic rings. The molecule has 0 radical (unpaired) electrons. The van der Waals surface area contributed by atoms with Crippen molar-refractivity contribution in [2.24, 2.45) is 0 Å². The quantitative estimate of drug-likeness (QED) is 0.371. The maximum absolute atomic E-state index is 4.83. The molecule has 3 aromatic carbocycles. The topological polar surface area (TPSA) is 60.9 Å². The predicted octanol–water partition coefficient (Wildman–Crippen LogP) is 5.40. The number of nitrogens with zero attached hydrogens (tertiary/aromatic N) is 6. The Morgan fingerprint density at radius 1 is 0.844 bits per heavy atom. The Balaban J connectivity index is 1.33. The van der Waals surface area contributed by atoms with Gasteiger partial charge < -0.3 is 0 Å². The number of aryl methyl sites for hydroxylation is 2.